The lowest BCUT2D eigenvalue weighted by atomic mass is 9.83. The number of aliphatic hydroxyl groups is 3. The third kappa shape index (κ3) is 0.280. The van der Waals surface area contributed by atoms with Crippen LogP contribution in [-0.2, 0) is 27.3 Å². The van der Waals surface area contributed by atoms with Gasteiger partial charge >= 0.3 is 7.82 Å². The molecule has 1 saturated carbocycles. The smallest absolute Gasteiger partial charge is 0.375 e. The van der Waals surface area contributed by atoms with Crippen molar-refractivity contribution in [1.29, 1.82) is 0 Å². The molecule has 3 unspecified atom stereocenters. The largest absolute Gasteiger partial charge is 0.478 e. The fraction of sp³-hybridized carbons (Fsp3) is 1.00. The average Bonchev–Trinajstić information content (AvgIpc) is 3.05. The van der Waals surface area contributed by atoms with Crippen LogP contribution in [0.25, 0.3) is 0 Å². The summed E-state index contributed by atoms with van der Waals surface area (Å²) in [6.07, 6.45) is 0. The zero-order chi connectivity index (χ0) is 12.6. The van der Waals surface area contributed by atoms with Gasteiger partial charge in [-0.25, -0.2) is 4.57 Å². The number of rotatable bonds is 0. The van der Waals surface area contributed by atoms with Crippen LogP contribution >= 0.6 is 22.1 Å². The summed E-state index contributed by atoms with van der Waals surface area (Å²) in [6, 6.07) is 0. The summed E-state index contributed by atoms with van der Waals surface area (Å²) in [5.41, 5.74) is 0. The van der Waals surface area contributed by atoms with E-state index in [0.717, 1.165) is 0 Å². The SMILES string of the molecule is O=P12O[C@@]34[C@]5(O1)[C@@]1(O)[C@@](O)([C@]6(O)[C@]3(O2)P64=O)P15=O. The maximum absolute atomic E-state index is 12.6. The van der Waals surface area contributed by atoms with E-state index in [1.54, 1.807) is 0 Å². The number of hydrogen-bond donors (Lipinski definition) is 3. The molecule has 0 aromatic carbocycles. The molecule has 9 nitrogen and oxygen atoms in total. The number of hydrogen-bond acceptors (Lipinski definition) is 9. The molecule has 12 heteroatoms. The first-order chi connectivity index (χ1) is 8.12. The molecule has 96 valence electrons. The summed E-state index contributed by atoms with van der Waals surface area (Å²) in [5, 5.41) is 18.6. The van der Waals surface area contributed by atoms with E-state index in [2.05, 4.69) is 0 Å². The highest BCUT2D eigenvalue weighted by Crippen LogP contribution is 3.42. The Kier molecular flexibility index (Phi) is 0.747. The van der Waals surface area contributed by atoms with Crippen LogP contribution in [0.4, 0.5) is 0 Å². The Labute approximate surface area is 97.4 Å². The lowest BCUT2D eigenvalue weighted by molar-refractivity contribution is -0.218. The lowest BCUT2D eigenvalue weighted by Crippen LogP contribution is -2.73. The van der Waals surface area contributed by atoms with Gasteiger partial charge in [-0.1, -0.05) is 0 Å². The molecule has 8 rings (SSSR count). The van der Waals surface area contributed by atoms with Gasteiger partial charge in [-0.3, -0.25) is 13.6 Å². The van der Waals surface area contributed by atoms with Crippen molar-refractivity contribution in [1.82, 2.24) is 0 Å². The van der Waals surface area contributed by atoms with Gasteiger partial charge in [0.25, 0.3) is 0 Å². The van der Waals surface area contributed by atoms with Gasteiger partial charge in [0, 0.05) is 0 Å². The standard InChI is InChI=1S/C6H3O9P3/c7-1-2(8)4(16(1,2)10)6-5(3(1,9)17(5,6)11)14-18(12,13-4)15-6/h7-9H/t1-,2+,3+,4-,5-,6+,16?,17?,18?/m0/s1. The maximum atomic E-state index is 12.6. The molecule has 3 spiro atoms. The van der Waals surface area contributed by atoms with Gasteiger partial charge in [0.2, 0.25) is 39.2 Å². The molecular formula is C6H3O9P3. The Morgan fingerprint density at radius 2 is 1.11 bits per heavy atom. The highest BCUT2D eigenvalue weighted by atomic mass is 31.2. The first-order valence-corrected chi connectivity index (χ1v) is 10.1. The minimum Gasteiger partial charge on any atom is -0.375 e. The molecule has 7 saturated heterocycles. The minimum atomic E-state index is -4.04. The molecular weight excluding hydrogens is 309 g/mol. The summed E-state index contributed by atoms with van der Waals surface area (Å²) in [5.74, 6) is 0. The van der Waals surface area contributed by atoms with Crippen molar-refractivity contribution in [3.63, 3.8) is 0 Å². The molecule has 9 atom stereocenters. The lowest BCUT2D eigenvalue weighted by Gasteiger charge is -2.47. The van der Waals surface area contributed by atoms with Crippen molar-refractivity contribution < 1.29 is 42.6 Å². The molecule has 7 aliphatic heterocycles. The summed E-state index contributed by atoms with van der Waals surface area (Å²) in [7, 11) is -11.4. The predicted octanol–water partition coefficient (Wildman–Crippen LogP) is -0.880. The maximum Gasteiger partial charge on any atom is 0.478 e. The van der Waals surface area contributed by atoms with Crippen molar-refractivity contribution in [2.75, 3.05) is 0 Å². The van der Waals surface area contributed by atoms with Gasteiger partial charge in [-0.05, 0) is 0 Å². The van der Waals surface area contributed by atoms with Gasteiger partial charge < -0.3 is 24.4 Å². The fourth-order valence-electron chi connectivity index (χ4n) is 5.46. The normalized spacial score (nSPS) is 101. The summed E-state index contributed by atoms with van der Waals surface area (Å²) in [4.78, 5) is 0. The first-order valence-electron chi connectivity index (χ1n) is 5.22. The quantitative estimate of drug-likeness (QED) is 0.486. The Bertz CT molecular complexity index is 835. The van der Waals surface area contributed by atoms with Crippen LogP contribution in [0, 0.1) is 0 Å². The van der Waals surface area contributed by atoms with E-state index in [9.17, 15) is 29.0 Å². The highest BCUT2D eigenvalue weighted by Gasteiger charge is 3.49. The molecule has 1 aliphatic carbocycles. The highest BCUT2D eigenvalue weighted by molar-refractivity contribution is 7.98. The van der Waals surface area contributed by atoms with E-state index in [-0.39, 0.29) is 0 Å². The van der Waals surface area contributed by atoms with Crippen molar-refractivity contribution in [2.45, 2.75) is 32.1 Å². The molecule has 7 heterocycles. The van der Waals surface area contributed by atoms with Crippen molar-refractivity contribution in [3.8, 4) is 0 Å². The molecule has 8 fully saturated rings. The average molecular weight is 312 g/mol. The summed E-state index contributed by atoms with van der Waals surface area (Å²) >= 11 is 0. The number of phosphoric ester groups is 1. The number of phosphoric acid groups is 1. The van der Waals surface area contributed by atoms with E-state index in [1.807, 2.05) is 0 Å². The van der Waals surface area contributed by atoms with Gasteiger partial charge in [-0.15, -0.1) is 0 Å². The first kappa shape index (κ1) is 9.40. The minimum absolute atomic E-state index is 1.74. The van der Waals surface area contributed by atoms with Crippen LogP contribution in [-0.4, -0.2) is 47.4 Å². The molecule has 0 radical (unpaired) electrons. The molecule has 3 bridgehead atoms. The molecule has 0 amide bonds. The van der Waals surface area contributed by atoms with Gasteiger partial charge in [0.1, 0.15) is 0 Å². The van der Waals surface area contributed by atoms with Gasteiger partial charge in [0.05, 0.1) is 0 Å². The van der Waals surface area contributed by atoms with E-state index < -0.39 is 54.2 Å². The zero-order valence-electron chi connectivity index (χ0n) is 8.13. The third-order valence-electron chi connectivity index (χ3n) is 6.07. The van der Waals surface area contributed by atoms with Crippen molar-refractivity contribution in [3.05, 3.63) is 0 Å². The van der Waals surface area contributed by atoms with E-state index >= 15 is 0 Å². The molecule has 0 aromatic rings. The molecule has 3 N–H and O–H groups in total. The Hall–Kier alpha value is 0.450. The van der Waals surface area contributed by atoms with Crippen molar-refractivity contribution >= 4 is 22.1 Å². The predicted molar refractivity (Wildman–Crippen MR) is 49.1 cm³/mol. The molecule has 18 heavy (non-hydrogen) atoms. The monoisotopic (exact) mass is 312 g/mol. The second-order valence-electron chi connectivity index (χ2n) is 5.89. The van der Waals surface area contributed by atoms with Gasteiger partial charge in [0.15, 0.2) is 7.14 Å². The Morgan fingerprint density at radius 3 is 1.67 bits per heavy atom. The van der Waals surface area contributed by atoms with Crippen LogP contribution in [0.1, 0.15) is 0 Å². The van der Waals surface area contributed by atoms with Crippen molar-refractivity contribution in [2.24, 2.45) is 0 Å². The third-order valence-corrected chi connectivity index (χ3v) is 16.9. The topological polar surface area (TPSA) is 140 Å². The number of fused-ring (bicyclic) bond motifs is 1. The van der Waals surface area contributed by atoms with Gasteiger partial charge in [-0.2, -0.15) is 0 Å². The van der Waals surface area contributed by atoms with Crippen LogP contribution in [0.3, 0.4) is 0 Å². The van der Waals surface area contributed by atoms with Crippen LogP contribution in [0.15, 0.2) is 0 Å². The Morgan fingerprint density at radius 1 is 0.667 bits per heavy atom. The molecule has 0 aromatic heterocycles. The fourth-order valence-corrected chi connectivity index (χ4v) is 21.1. The second-order valence-corrected chi connectivity index (χ2v) is 13.6. The zero-order valence-corrected chi connectivity index (χ0v) is 10.8. The van der Waals surface area contributed by atoms with E-state index in [0.29, 0.717) is 0 Å². The van der Waals surface area contributed by atoms with E-state index in [4.69, 9.17) is 13.6 Å². The van der Waals surface area contributed by atoms with Crippen LogP contribution in [0.2, 0.25) is 0 Å². The summed E-state index contributed by atoms with van der Waals surface area (Å²) < 4.78 is 52.2. The van der Waals surface area contributed by atoms with Crippen LogP contribution in [0.5, 0.6) is 0 Å². The second kappa shape index (κ2) is 1.43. The van der Waals surface area contributed by atoms with Crippen LogP contribution < -0.4 is 0 Å². The molecule has 8 aliphatic rings. The Balaban J connectivity index is 1.76. The van der Waals surface area contributed by atoms with E-state index in [1.165, 1.54) is 0 Å². The summed E-state index contributed by atoms with van der Waals surface area (Å²) in [6.45, 7) is 0.